The maximum Gasteiger partial charge on any atom is 0.397 e. The van der Waals surface area contributed by atoms with Gasteiger partial charge in [-0.25, -0.2) is 4.52 Å². The summed E-state index contributed by atoms with van der Waals surface area (Å²) >= 11 is 3.11. The van der Waals surface area contributed by atoms with Crippen molar-refractivity contribution in [1.29, 1.82) is 0 Å². The molecule has 102 valence electrons. The summed E-state index contributed by atoms with van der Waals surface area (Å²) in [6.07, 6.45) is -2.32. The second-order valence-corrected chi connectivity index (χ2v) is 5.30. The highest BCUT2D eigenvalue weighted by Gasteiger charge is 2.63. The summed E-state index contributed by atoms with van der Waals surface area (Å²) in [7, 11) is 0. The molecule has 2 aromatic heterocycles. The van der Waals surface area contributed by atoms with Gasteiger partial charge in [0, 0.05) is 6.20 Å². The Morgan fingerprint density at radius 1 is 1.42 bits per heavy atom. The largest absolute Gasteiger partial charge is 0.489 e. The minimum atomic E-state index is -4.22. The molecule has 3 rings (SSSR count). The SMILES string of the molecule is FC(F)(F)C1(COc2cccn3nc(Br)nc23)CC1. The topological polar surface area (TPSA) is 39.4 Å². The number of rotatable bonds is 3. The highest BCUT2D eigenvalue weighted by Crippen LogP contribution is 2.57. The Morgan fingerprint density at radius 3 is 2.79 bits per heavy atom. The van der Waals surface area contributed by atoms with Gasteiger partial charge < -0.3 is 4.74 Å². The van der Waals surface area contributed by atoms with E-state index in [1.165, 1.54) is 4.52 Å². The molecule has 0 spiro atoms. The quantitative estimate of drug-likeness (QED) is 0.864. The lowest BCUT2D eigenvalue weighted by molar-refractivity contribution is -0.194. The molecule has 4 nitrogen and oxygen atoms in total. The molecule has 0 N–H and O–H groups in total. The summed E-state index contributed by atoms with van der Waals surface area (Å²) in [6, 6.07) is 3.24. The van der Waals surface area contributed by atoms with Gasteiger partial charge in [-0.2, -0.15) is 18.2 Å². The molecule has 1 fully saturated rings. The van der Waals surface area contributed by atoms with Gasteiger partial charge in [-0.3, -0.25) is 0 Å². The van der Waals surface area contributed by atoms with Crippen LogP contribution in [0.2, 0.25) is 0 Å². The molecule has 1 aliphatic rings. The maximum atomic E-state index is 12.8. The molecule has 1 aliphatic carbocycles. The molecular formula is C11H9BrF3N3O. The summed E-state index contributed by atoms with van der Waals surface area (Å²) in [4.78, 5) is 4.06. The Labute approximate surface area is 114 Å². The smallest absolute Gasteiger partial charge is 0.397 e. The van der Waals surface area contributed by atoms with E-state index < -0.39 is 11.6 Å². The van der Waals surface area contributed by atoms with Crippen LogP contribution in [0.1, 0.15) is 12.8 Å². The Hall–Kier alpha value is -1.31. The molecule has 0 aliphatic heterocycles. The van der Waals surface area contributed by atoms with Crippen LogP contribution in [-0.2, 0) is 0 Å². The second kappa shape index (κ2) is 4.09. The van der Waals surface area contributed by atoms with Crippen LogP contribution in [0.5, 0.6) is 5.75 Å². The van der Waals surface area contributed by atoms with Gasteiger partial charge in [0.2, 0.25) is 4.73 Å². The van der Waals surface area contributed by atoms with E-state index in [2.05, 4.69) is 26.0 Å². The predicted molar refractivity (Wildman–Crippen MR) is 63.9 cm³/mol. The van der Waals surface area contributed by atoms with Crippen molar-refractivity contribution in [3.63, 3.8) is 0 Å². The average Bonchev–Trinajstić information content (AvgIpc) is 3.02. The zero-order valence-electron chi connectivity index (χ0n) is 9.62. The molecule has 0 bridgehead atoms. The standard InChI is InChI=1S/C11H9BrF3N3O/c12-9-16-8-7(2-1-5-18(8)17-9)19-6-10(3-4-10)11(13,14)15/h1-2,5H,3-4,6H2. The van der Waals surface area contributed by atoms with Gasteiger partial charge in [-0.15, -0.1) is 5.10 Å². The van der Waals surface area contributed by atoms with Gasteiger partial charge in [-0.1, -0.05) is 0 Å². The van der Waals surface area contributed by atoms with Gasteiger partial charge in [0.25, 0.3) is 0 Å². The number of nitrogens with zero attached hydrogens (tertiary/aromatic N) is 3. The number of fused-ring (bicyclic) bond motifs is 1. The molecule has 2 aromatic rings. The van der Waals surface area contributed by atoms with E-state index in [-0.39, 0.29) is 19.4 Å². The van der Waals surface area contributed by atoms with Crippen molar-refractivity contribution in [2.75, 3.05) is 6.61 Å². The van der Waals surface area contributed by atoms with Crippen LogP contribution in [0.4, 0.5) is 13.2 Å². The highest BCUT2D eigenvalue weighted by atomic mass is 79.9. The molecule has 0 radical (unpaired) electrons. The third kappa shape index (κ3) is 2.18. The molecule has 8 heteroatoms. The van der Waals surface area contributed by atoms with Crippen LogP contribution in [0, 0.1) is 5.41 Å². The third-order valence-corrected chi connectivity index (χ3v) is 3.60. The average molecular weight is 336 g/mol. The molecular weight excluding hydrogens is 327 g/mol. The predicted octanol–water partition coefficient (Wildman–Crippen LogP) is 3.21. The number of ether oxygens (including phenoxy) is 1. The third-order valence-electron chi connectivity index (χ3n) is 3.26. The lowest BCUT2D eigenvalue weighted by Gasteiger charge is -2.19. The van der Waals surface area contributed by atoms with Gasteiger partial charge >= 0.3 is 6.18 Å². The first-order valence-electron chi connectivity index (χ1n) is 5.62. The van der Waals surface area contributed by atoms with E-state index >= 15 is 0 Å². The van der Waals surface area contributed by atoms with Crippen molar-refractivity contribution in [2.45, 2.75) is 19.0 Å². The van der Waals surface area contributed by atoms with E-state index in [0.717, 1.165) is 0 Å². The minimum absolute atomic E-state index is 0.121. The summed E-state index contributed by atoms with van der Waals surface area (Å²) < 4.78 is 45.5. The first kappa shape index (κ1) is 12.7. The summed E-state index contributed by atoms with van der Waals surface area (Å²) in [5.41, 5.74) is -1.29. The lowest BCUT2D eigenvalue weighted by atomic mass is 10.1. The van der Waals surface area contributed by atoms with E-state index in [4.69, 9.17) is 4.74 Å². The fraction of sp³-hybridized carbons (Fsp3) is 0.455. The second-order valence-electron chi connectivity index (χ2n) is 4.59. The van der Waals surface area contributed by atoms with Gasteiger partial charge in [-0.05, 0) is 40.9 Å². The van der Waals surface area contributed by atoms with Gasteiger partial charge in [0.1, 0.15) is 12.0 Å². The molecule has 0 aromatic carbocycles. The number of aromatic nitrogens is 3. The van der Waals surface area contributed by atoms with Crippen LogP contribution in [0.15, 0.2) is 23.1 Å². The molecule has 0 atom stereocenters. The first-order valence-corrected chi connectivity index (χ1v) is 6.41. The van der Waals surface area contributed by atoms with Gasteiger partial charge in [0.15, 0.2) is 11.4 Å². The molecule has 1 saturated carbocycles. The van der Waals surface area contributed by atoms with E-state index in [9.17, 15) is 13.2 Å². The lowest BCUT2D eigenvalue weighted by Crippen LogP contribution is -2.30. The summed E-state index contributed by atoms with van der Waals surface area (Å²) in [5.74, 6) is 0.302. The van der Waals surface area contributed by atoms with Crippen molar-refractivity contribution in [1.82, 2.24) is 14.6 Å². The van der Waals surface area contributed by atoms with Crippen LogP contribution < -0.4 is 4.74 Å². The maximum absolute atomic E-state index is 12.8. The summed E-state index contributed by atoms with van der Waals surface area (Å²) in [5, 5.41) is 4.00. The number of alkyl halides is 3. The van der Waals surface area contributed by atoms with E-state index in [1.807, 2.05) is 0 Å². The summed E-state index contributed by atoms with van der Waals surface area (Å²) in [6.45, 7) is -0.374. The molecule has 19 heavy (non-hydrogen) atoms. The van der Waals surface area contributed by atoms with Crippen LogP contribution >= 0.6 is 15.9 Å². The van der Waals surface area contributed by atoms with E-state index in [1.54, 1.807) is 18.3 Å². The Morgan fingerprint density at radius 2 is 2.16 bits per heavy atom. The fourth-order valence-electron chi connectivity index (χ4n) is 1.84. The minimum Gasteiger partial charge on any atom is -0.489 e. The molecule has 0 saturated heterocycles. The zero-order chi connectivity index (χ0) is 13.7. The van der Waals surface area contributed by atoms with Crippen molar-refractivity contribution < 1.29 is 17.9 Å². The van der Waals surface area contributed by atoms with Crippen LogP contribution in [-0.4, -0.2) is 27.4 Å². The molecule has 0 unspecified atom stereocenters. The number of hydrogen-bond donors (Lipinski definition) is 0. The van der Waals surface area contributed by atoms with Crippen LogP contribution in [0.3, 0.4) is 0 Å². The van der Waals surface area contributed by atoms with Gasteiger partial charge in [0.05, 0.1) is 0 Å². The van der Waals surface area contributed by atoms with Crippen LogP contribution in [0.25, 0.3) is 5.65 Å². The Balaban J connectivity index is 1.83. The highest BCUT2D eigenvalue weighted by molar-refractivity contribution is 9.10. The first-order chi connectivity index (χ1) is 8.91. The van der Waals surface area contributed by atoms with Crippen molar-refractivity contribution in [3.05, 3.63) is 23.1 Å². The van der Waals surface area contributed by atoms with E-state index in [0.29, 0.717) is 16.1 Å². The molecule has 0 amide bonds. The monoisotopic (exact) mass is 335 g/mol. The number of pyridine rings is 1. The Bertz CT molecular complexity index is 621. The van der Waals surface area contributed by atoms with Crippen molar-refractivity contribution in [2.24, 2.45) is 5.41 Å². The number of halogens is 4. The zero-order valence-corrected chi connectivity index (χ0v) is 11.2. The van der Waals surface area contributed by atoms with Crippen molar-refractivity contribution in [3.8, 4) is 5.75 Å². The normalized spacial score (nSPS) is 17.7. The number of hydrogen-bond acceptors (Lipinski definition) is 3. The van der Waals surface area contributed by atoms with Crippen molar-refractivity contribution >= 4 is 21.6 Å². The Kier molecular flexibility index (Phi) is 2.74. The fourth-order valence-corrected chi connectivity index (χ4v) is 2.18. The molecule has 2 heterocycles.